The van der Waals surface area contributed by atoms with Crippen LogP contribution in [0.2, 0.25) is 0 Å². The van der Waals surface area contributed by atoms with Crippen LogP contribution in [0.5, 0.6) is 0 Å². The van der Waals surface area contributed by atoms with E-state index >= 15 is 0 Å². The largest absolute Gasteiger partial charge is 0.446 e. The molecule has 0 saturated carbocycles. The molecule has 3 rings (SSSR count). The monoisotopic (exact) mass is 473 g/mol. The third-order valence-electron chi connectivity index (χ3n) is 4.46. The predicted octanol–water partition coefficient (Wildman–Crippen LogP) is 3.16. The molecule has 166 valence electrons. The predicted molar refractivity (Wildman–Crippen MR) is 108 cm³/mol. The summed E-state index contributed by atoms with van der Waals surface area (Å²) in [6, 6.07) is 9.99. The number of carbonyl (C=O) groups excluding carboxylic acids is 2. The lowest BCUT2D eigenvalue weighted by atomic mass is 10.2. The Balaban J connectivity index is 1.57. The maximum Gasteiger partial charge on any atom is 0.446 e. The lowest BCUT2D eigenvalue weighted by Gasteiger charge is -2.15. The first kappa shape index (κ1) is 23.1. The molecule has 0 radical (unpaired) electrons. The van der Waals surface area contributed by atoms with E-state index in [9.17, 15) is 31.2 Å². The number of sulfonamides is 1. The highest BCUT2D eigenvalue weighted by molar-refractivity contribution is 8.00. The fourth-order valence-corrected chi connectivity index (χ4v) is 4.98. The fraction of sp³-hybridized carbons (Fsp3) is 0.263. The van der Waals surface area contributed by atoms with Crippen molar-refractivity contribution in [3.8, 4) is 0 Å². The molecular formula is C19H18F3N3O4S2. The molecule has 0 bridgehead atoms. The van der Waals surface area contributed by atoms with E-state index in [2.05, 4.69) is 10.9 Å². The van der Waals surface area contributed by atoms with E-state index in [1.807, 2.05) is 0 Å². The van der Waals surface area contributed by atoms with Crippen molar-refractivity contribution in [2.24, 2.45) is 0 Å². The van der Waals surface area contributed by atoms with E-state index < -0.39 is 27.3 Å². The number of carbonyl (C=O) groups is 2. The van der Waals surface area contributed by atoms with Gasteiger partial charge in [0, 0.05) is 29.1 Å². The highest BCUT2D eigenvalue weighted by atomic mass is 32.2. The summed E-state index contributed by atoms with van der Waals surface area (Å²) in [7, 11) is -3.60. The molecule has 1 fully saturated rings. The average molecular weight is 473 g/mol. The number of nitrogens with zero attached hydrogens (tertiary/aromatic N) is 1. The summed E-state index contributed by atoms with van der Waals surface area (Å²) in [4.78, 5) is 24.3. The summed E-state index contributed by atoms with van der Waals surface area (Å²) >= 11 is -0.300. The number of thioether (sulfide) groups is 1. The highest BCUT2D eigenvalue weighted by Crippen LogP contribution is 2.36. The Bertz CT molecular complexity index is 1050. The molecule has 2 N–H and O–H groups in total. The number of amides is 2. The zero-order chi connectivity index (χ0) is 22.6. The average Bonchev–Trinajstić information content (AvgIpc) is 3.27. The van der Waals surface area contributed by atoms with Crippen molar-refractivity contribution in [1.29, 1.82) is 0 Å². The Labute approximate surface area is 181 Å². The molecule has 0 aromatic heterocycles. The Kier molecular flexibility index (Phi) is 6.92. The third-order valence-corrected chi connectivity index (χ3v) is 7.11. The van der Waals surface area contributed by atoms with Crippen LogP contribution in [-0.4, -0.2) is 43.1 Å². The first-order valence-electron chi connectivity index (χ1n) is 9.13. The van der Waals surface area contributed by atoms with Gasteiger partial charge >= 0.3 is 5.51 Å². The zero-order valence-corrected chi connectivity index (χ0v) is 17.6. The van der Waals surface area contributed by atoms with Crippen LogP contribution in [0.3, 0.4) is 0 Å². The van der Waals surface area contributed by atoms with Crippen LogP contribution in [-0.2, 0) is 10.0 Å². The van der Waals surface area contributed by atoms with Gasteiger partial charge in [-0.2, -0.15) is 17.5 Å². The first-order chi connectivity index (χ1) is 14.6. The lowest BCUT2D eigenvalue weighted by Crippen LogP contribution is -2.41. The molecule has 1 heterocycles. The molecule has 2 aromatic carbocycles. The summed E-state index contributed by atoms with van der Waals surface area (Å²) in [6.45, 7) is 0.930. The molecular weight excluding hydrogens is 455 g/mol. The lowest BCUT2D eigenvalue weighted by molar-refractivity contribution is -0.0328. The molecule has 0 aliphatic carbocycles. The highest BCUT2D eigenvalue weighted by Gasteiger charge is 2.29. The van der Waals surface area contributed by atoms with Crippen LogP contribution < -0.4 is 10.9 Å². The van der Waals surface area contributed by atoms with Crippen molar-refractivity contribution in [2.75, 3.05) is 13.1 Å². The van der Waals surface area contributed by atoms with Gasteiger partial charge in [-0.3, -0.25) is 20.4 Å². The van der Waals surface area contributed by atoms with Gasteiger partial charge in [-0.1, -0.05) is 0 Å². The van der Waals surface area contributed by atoms with Crippen LogP contribution >= 0.6 is 11.8 Å². The van der Waals surface area contributed by atoms with Gasteiger partial charge in [0.2, 0.25) is 10.0 Å². The van der Waals surface area contributed by atoms with E-state index in [1.54, 1.807) is 0 Å². The Hall–Kier alpha value is -2.57. The third kappa shape index (κ3) is 5.99. The summed E-state index contributed by atoms with van der Waals surface area (Å²) in [5, 5.41) is 0. The molecule has 1 aliphatic rings. The molecule has 0 unspecified atom stereocenters. The van der Waals surface area contributed by atoms with Gasteiger partial charge in [0.15, 0.2) is 0 Å². The van der Waals surface area contributed by atoms with Crippen molar-refractivity contribution >= 4 is 33.6 Å². The molecule has 7 nitrogen and oxygen atoms in total. The number of benzene rings is 2. The van der Waals surface area contributed by atoms with Gasteiger partial charge in [-0.25, -0.2) is 8.42 Å². The van der Waals surface area contributed by atoms with Crippen LogP contribution in [0, 0.1) is 0 Å². The summed E-state index contributed by atoms with van der Waals surface area (Å²) in [5.74, 6) is -1.40. The molecule has 2 aromatic rings. The topological polar surface area (TPSA) is 95.6 Å². The number of alkyl halides is 3. The van der Waals surface area contributed by atoms with E-state index in [4.69, 9.17) is 0 Å². The Morgan fingerprint density at radius 3 is 1.74 bits per heavy atom. The smallest absolute Gasteiger partial charge is 0.267 e. The zero-order valence-electron chi connectivity index (χ0n) is 16.0. The van der Waals surface area contributed by atoms with Crippen LogP contribution in [0.25, 0.3) is 0 Å². The number of hydrogen-bond acceptors (Lipinski definition) is 5. The van der Waals surface area contributed by atoms with Crippen molar-refractivity contribution in [3.63, 3.8) is 0 Å². The molecule has 1 aliphatic heterocycles. The second-order valence-corrected chi connectivity index (χ2v) is 9.69. The normalized spacial score (nSPS) is 14.9. The molecule has 31 heavy (non-hydrogen) atoms. The maximum absolute atomic E-state index is 12.5. The van der Waals surface area contributed by atoms with Crippen molar-refractivity contribution in [2.45, 2.75) is 28.1 Å². The minimum absolute atomic E-state index is 0.0545. The van der Waals surface area contributed by atoms with Crippen LogP contribution in [0.15, 0.2) is 58.3 Å². The minimum Gasteiger partial charge on any atom is -0.267 e. The van der Waals surface area contributed by atoms with Gasteiger partial charge in [0.25, 0.3) is 11.8 Å². The number of hydrogen-bond donors (Lipinski definition) is 2. The van der Waals surface area contributed by atoms with E-state index in [1.165, 1.54) is 40.7 Å². The summed E-state index contributed by atoms with van der Waals surface area (Å²) < 4.78 is 63.4. The van der Waals surface area contributed by atoms with Crippen molar-refractivity contribution < 1.29 is 31.2 Å². The standard InChI is InChI=1S/C19H18F3N3O4S2/c20-19(21,22)30-15-7-3-13(4-8-15)17(26)23-24-18(27)14-5-9-16(10-6-14)31(28,29)25-11-1-2-12-25/h3-10H,1-2,11-12H2,(H,23,26)(H,24,27). The fourth-order valence-electron chi connectivity index (χ4n) is 2.92. The maximum atomic E-state index is 12.5. The van der Waals surface area contributed by atoms with E-state index in [0.717, 1.165) is 25.0 Å². The number of halogens is 3. The molecule has 1 saturated heterocycles. The first-order valence-corrected chi connectivity index (χ1v) is 11.4. The number of rotatable bonds is 5. The van der Waals surface area contributed by atoms with Crippen molar-refractivity contribution in [3.05, 3.63) is 59.7 Å². The minimum atomic E-state index is -4.43. The van der Waals surface area contributed by atoms with Crippen LogP contribution in [0.4, 0.5) is 13.2 Å². The van der Waals surface area contributed by atoms with Gasteiger partial charge in [-0.15, -0.1) is 0 Å². The quantitative estimate of drug-likeness (QED) is 0.514. The van der Waals surface area contributed by atoms with Gasteiger partial charge in [-0.05, 0) is 73.1 Å². The van der Waals surface area contributed by atoms with E-state index in [-0.39, 0.29) is 32.7 Å². The molecule has 0 atom stereocenters. The number of nitrogens with one attached hydrogen (secondary N) is 2. The van der Waals surface area contributed by atoms with Gasteiger partial charge in [0.1, 0.15) is 0 Å². The SMILES string of the molecule is O=C(NNC(=O)c1ccc(S(=O)(=O)N2CCCC2)cc1)c1ccc(SC(F)(F)F)cc1. The van der Waals surface area contributed by atoms with Gasteiger partial charge in [0.05, 0.1) is 4.90 Å². The summed E-state index contributed by atoms with van der Waals surface area (Å²) in [5.41, 5.74) is 0.0882. The van der Waals surface area contributed by atoms with Crippen LogP contribution in [0.1, 0.15) is 33.6 Å². The number of hydrazine groups is 1. The van der Waals surface area contributed by atoms with E-state index in [0.29, 0.717) is 13.1 Å². The van der Waals surface area contributed by atoms with Crippen molar-refractivity contribution in [1.82, 2.24) is 15.2 Å². The second kappa shape index (κ2) is 9.28. The second-order valence-electron chi connectivity index (χ2n) is 6.62. The Morgan fingerprint density at radius 1 is 0.839 bits per heavy atom. The molecule has 2 amide bonds. The summed E-state index contributed by atoms with van der Waals surface area (Å²) in [6.07, 6.45) is 1.62. The Morgan fingerprint density at radius 2 is 1.29 bits per heavy atom. The van der Waals surface area contributed by atoms with Gasteiger partial charge < -0.3 is 0 Å². The molecule has 12 heteroatoms. The molecule has 0 spiro atoms.